The zero-order chi connectivity index (χ0) is 16.4. The zero-order valence-corrected chi connectivity index (χ0v) is 14.2. The molecule has 1 N–H and O–H groups in total. The predicted octanol–water partition coefficient (Wildman–Crippen LogP) is 4.30. The number of amides is 1. The second-order valence-electron chi connectivity index (χ2n) is 6.37. The summed E-state index contributed by atoms with van der Waals surface area (Å²) in [5, 5.41) is 2.78. The Morgan fingerprint density at radius 3 is 2.77 bits per heavy atom. The van der Waals surface area contributed by atoms with Crippen molar-refractivity contribution in [2.24, 2.45) is 0 Å². The lowest BCUT2D eigenvalue weighted by atomic mass is 10.1. The maximum atomic E-state index is 11.5. The highest BCUT2D eigenvalue weighted by atomic mass is 16.5. The molecule has 0 fully saturated rings. The molecule has 0 saturated heterocycles. The number of carbonyl (C=O) groups is 1. The first-order valence-electron chi connectivity index (χ1n) is 7.93. The Labute approximate surface area is 134 Å². The first-order chi connectivity index (χ1) is 10.4. The number of hydrogen-bond acceptors (Lipinski definition) is 2. The Morgan fingerprint density at radius 1 is 1.32 bits per heavy atom. The molecule has 22 heavy (non-hydrogen) atoms. The summed E-state index contributed by atoms with van der Waals surface area (Å²) in [5.74, 6) is 6.33. The van der Waals surface area contributed by atoms with Crippen molar-refractivity contribution in [3.05, 3.63) is 35.4 Å². The summed E-state index contributed by atoms with van der Waals surface area (Å²) >= 11 is 0. The molecule has 0 bridgehead atoms. The van der Waals surface area contributed by atoms with E-state index < -0.39 is 0 Å². The summed E-state index contributed by atoms with van der Waals surface area (Å²) in [6, 6.07) is 8.25. The van der Waals surface area contributed by atoms with E-state index in [0.717, 1.165) is 31.2 Å². The third-order valence-corrected chi connectivity index (χ3v) is 2.85. The monoisotopic (exact) mass is 301 g/mol. The molecule has 0 aliphatic heterocycles. The van der Waals surface area contributed by atoms with Gasteiger partial charge in [-0.1, -0.05) is 30.9 Å². The van der Waals surface area contributed by atoms with Gasteiger partial charge in [-0.2, -0.15) is 0 Å². The van der Waals surface area contributed by atoms with Crippen LogP contribution in [-0.4, -0.2) is 18.2 Å². The van der Waals surface area contributed by atoms with Crippen molar-refractivity contribution < 1.29 is 9.53 Å². The summed E-state index contributed by atoms with van der Waals surface area (Å²) in [5.41, 5.74) is 2.02. The number of nitrogens with one attached hydrogen (secondary N) is 1. The number of carbonyl (C=O) groups excluding carboxylic acids is 1. The minimum absolute atomic E-state index is 0.261. The van der Waals surface area contributed by atoms with Crippen molar-refractivity contribution in [2.75, 3.05) is 6.61 Å². The summed E-state index contributed by atoms with van der Waals surface area (Å²) in [6.45, 7) is 8.34. The Kier molecular flexibility index (Phi) is 7.52. The van der Waals surface area contributed by atoms with Crippen LogP contribution >= 0.6 is 0 Å². The summed E-state index contributed by atoms with van der Waals surface area (Å²) in [7, 11) is 0. The fourth-order valence-electron chi connectivity index (χ4n) is 1.88. The van der Waals surface area contributed by atoms with Crippen molar-refractivity contribution in [2.45, 2.75) is 58.9 Å². The van der Waals surface area contributed by atoms with E-state index in [1.54, 1.807) is 0 Å². The van der Waals surface area contributed by atoms with E-state index in [9.17, 15) is 4.79 Å². The van der Waals surface area contributed by atoms with Gasteiger partial charge in [0.1, 0.15) is 0 Å². The highest BCUT2D eigenvalue weighted by Crippen LogP contribution is 2.07. The van der Waals surface area contributed by atoms with E-state index in [-0.39, 0.29) is 11.6 Å². The van der Waals surface area contributed by atoms with E-state index in [2.05, 4.69) is 36.2 Å². The molecule has 120 valence electrons. The van der Waals surface area contributed by atoms with Gasteiger partial charge in [-0.05, 0) is 57.7 Å². The molecule has 1 aromatic carbocycles. The first kappa shape index (κ1) is 18.1. The Balaban J connectivity index is 2.35. The maximum Gasteiger partial charge on any atom is 0.407 e. The van der Waals surface area contributed by atoms with Crippen LogP contribution in [0.5, 0.6) is 0 Å². The van der Waals surface area contributed by atoms with Gasteiger partial charge in [-0.15, -0.1) is 0 Å². The van der Waals surface area contributed by atoms with Gasteiger partial charge in [-0.25, -0.2) is 4.79 Å². The third-order valence-electron chi connectivity index (χ3n) is 2.85. The fraction of sp³-hybridized carbons (Fsp3) is 0.526. The van der Waals surface area contributed by atoms with Crippen molar-refractivity contribution >= 4 is 6.09 Å². The molecule has 0 aliphatic carbocycles. The van der Waals surface area contributed by atoms with Gasteiger partial charge in [0.2, 0.25) is 0 Å². The van der Waals surface area contributed by atoms with Gasteiger partial charge in [0.15, 0.2) is 0 Å². The molecule has 1 aromatic rings. The van der Waals surface area contributed by atoms with Crippen LogP contribution in [0.2, 0.25) is 0 Å². The molecule has 0 atom stereocenters. The van der Waals surface area contributed by atoms with Crippen LogP contribution in [0.3, 0.4) is 0 Å². The normalized spacial score (nSPS) is 10.5. The van der Waals surface area contributed by atoms with Crippen LogP contribution in [0.1, 0.15) is 58.1 Å². The van der Waals surface area contributed by atoms with Gasteiger partial charge in [-0.3, -0.25) is 0 Å². The lowest BCUT2D eigenvalue weighted by Crippen LogP contribution is -2.41. The second kappa shape index (κ2) is 9.15. The van der Waals surface area contributed by atoms with Crippen molar-refractivity contribution in [1.82, 2.24) is 5.32 Å². The Bertz CT molecular complexity index is 532. The van der Waals surface area contributed by atoms with Gasteiger partial charge in [0.05, 0.1) is 6.61 Å². The molecular weight excluding hydrogens is 274 g/mol. The topological polar surface area (TPSA) is 38.3 Å². The standard InChI is InChI=1S/C19H27NO2/c1-5-6-7-10-16-11-8-12-17(15-16)13-9-14-22-18(21)20-19(2,3)4/h8,11-12,15H,5-6,9,13-14H2,1-4H3,(H,20,21). The largest absolute Gasteiger partial charge is 0.450 e. The smallest absolute Gasteiger partial charge is 0.407 e. The number of alkyl carbamates (subject to hydrolysis) is 1. The summed E-state index contributed by atoms with van der Waals surface area (Å²) in [6.07, 6.45) is 3.35. The van der Waals surface area contributed by atoms with Crippen LogP contribution in [-0.2, 0) is 11.2 Å². The first-order valence-corrected chi connectivity index (χ1v) is 7.93. The van der Waals surface area contributed by atoms with Crippen molar-refractivity contribution in [3.63, 3.8) is 0 Å². The van der Waals surface area contributed by atoms with Crippen molar-refractivity contribution in [3.8, 4) is 11.8 Å². The molecule has 0 aliphatic rings. The summed E-state index contributed by atoms with van der Waals surface area (Å²) in [4.78, 5) is 11.5. The lowest BCUT2D eigenvalue weighted by molar-refractivity contribution is 0.136. The molecule has 1 amide bonds. The molecule has 0 spiro atoms. The lowest BCUT2D eigenvalue weighted by Gasteiger charge is -2.19. The number of ether oxygens (including phenoxy) is 1. The van der Waals surface area contributed by atoms with Gasteiger partial charge < -0.3 is 10.1 Å². The minimum Gasteiger partial charge on any atom is -0.450 e. The Morgan fingerprint density at radius 2 is 2.09 bits per heavy atom. The molecule has 1 rings (SSSR count). The number of rotatable bonds is 5. The SMILES string of the molecule is CCCC#Cc1cccc(CCCOC(=O)NC(C)(C)C)c1. The molecule has 0 radical (unpaired) electrons. The molecule has 3 heteroatoms. The van der Waals surface area contributed by atoms with Crippen molar-refractivity contribution in [1.29, 1.82) is 0 Å². The molecule has 0 heterocycles. The molecular formula is C19H27NO2. The zero-order valence-electron chi connectivity index (χ0n) is 14.2. The summed E-state index contributed by atoms with van der Waals surface area (Å²) < 4.78 is 5.17. The van der Waals surface area contributed by atoms with Gasteiger partial charge >= 0.3 is 6.09 Å². The Hall–Kier alpha value is -1.95. The van der Waals surface area contributed by atoms with E-state index in [1.165, 1.54) is 5.56 Å². The molecule has 0 saturated carbocycles. The van der Waals surface area contributed by atoms with Crippen LogP contribution in [0.25, 0.3) is 0 Å². The third kappa shape index (κ3) is 8.36. The highest BCUT2D eigenvalue weighted by molar-refractivity contribution is 5.68. The maximum absolute atomic E-state index is 11.5. The van der Waals surface area contributed by atoms with E-state index in [0.29, 0.717) is 6.61 Å². The van der Waals surface area contributed by atoms with E-state index in [1.807, 2.05) is 32.9 Å². The number of aryl methyl sites for hydroxylation is 1. The fourth-order valence-corrected chi connectivity index (χ4v) is 1.88. The quantitative estimate of drug-likeness (QED) is 0.650. The highest BCUT2D eigenvalue weighted by Gasteiger charge is 2.14. The second-order valence-corrected chi connectivity index (χ2v) is 6.37. The van der Waals surface area contributed by atoms with E-state index in [4.69, 9.17) is 4.74 Å². The number of hydrogen-bond donors (Lipinski definition) is 1. The number of unbranched alkanes of at least 4 members (excludes halogenated alkanes) is 1. The molecule has 0 aromatic heterocycles. The predicted molar refractivity (Wildman–Crippen MR) is 90.8 cm³/mol. The average molecular weight is 301 g/mol. The number of benzene rings is 1. The van der Waals surface area contributed by atoms with Gasteiger partial charge in [0.25, 0.3) is 0 Å². The minimum atomic E-state index is -0.355. The van der Waals surface area contributed by atoms with Crippen LogP contribution in [0.4, 0.5) is 4.79 Å². The van der Waals surface area contributed by atoms with Crippen LogP contribution < -0.4 is 5.32 Å². The van der Waals surface area contributed by atoms with Gasteiger partial charge in [0, 0.05) is 17.5 Å². The van der Waals surface area contributed by atoms with Crippen LogP contribution in [0.15, 0.2) is 24.3 Å². The van der Waals surface area contributed by atoms with Crippen LogP contribution in [0, 0.1) is 11.8 Å². The molecule has 0 unspecified atom stereocenters. The molecule has 3 nitrogen and oxygen atoms in total. The average Bonchev–Trinajstić information content (AvgIpc) is 2.43. The van der Waals surface area contributed by atoms with E-state index >= 15 is 0 Å².